The topological polar surface area (TPSA) is 68.2 Å². The van der Waals surface area contributed by atoms with E-state index in [1.54, 1.807) is 31.4 Å². The van der Waals surface area contributed by atoms with Crippen molar-refractivity contribution in [1.82, 2.24) is 0 Å². The summed E-state index contributed by atoms with van der Waals surface area (Å²) in [5.74, 6) is 0.203. The molecule has 0 bridgehead atoms. The molecule has 0 aliphatic carbocycles. The van der Waals surface area contributed by atoms with Gasteiger partial charge in [0.15, 0.2) is 5.60 Å². The van der Waals surface area contributed by atoms with Crippen molar-refractivity contribution in [2.75, 3.05) is 33.2 Å². The Bertz CT molecular complexity index is 1180. The molecule has 7 heteroatoms. The van der Waals surface area contributed by atoms with Gasteiger partial charge in [-0.2, -0.15) is 0 Å². The molecule has 0 fully saturated rings. The van der Waals surface area contributed by atoms with Crippen molar-refractivity contribution in [2.24, 2.45) is 0 Å². The smallest absolute Gasteiger partial charge is 0.340 e. The van der Waals surface area contributed by atoms with Crippen LogP contribution in [0.2, 0.25) is 5.02 Å². The number of benzene rings is 3. The first-order valence-corrected chi connectivity index (χ1v) is 9.97. The fraction of sp³-hybridized carbons (Fsp3) is 0.208. The van der Waals surface area contributed by atoms with Gasteiger partial charge in [-0.15, -0.1) is 0 Å². The van der Waals surface area contributed by atoms with Gasteiger partial charge in [-0.1, -0.05) is 29.8 Å². The van der Waals surface area contributed by atoms with Crippen molar-refractivity contribution >= 4 is 23.3 Å². The number of anilines is 1. The van der Waals surface area contributed by atoms with Gasteiger partial charge in [0.2, 0.25) is 0 Å². The summed E-state index contributed by atoms with van der Waals surface area (Å²) in [6.07, 6.45) is 0. The van der Waals surface area contributed by atoms with Crippen LogP contribution in [0.4, 0.5) is 5.69 Å². The molecule has 0 amide bonds. The van der Waals surface area contributed by atoms with E-state index in [4.69, 9.17) is 25.8 Å². The van der Waals surface area contributed by atoms with Gasteiger partial charge >= 0.3 is 5.97 Å². The second kappa shape index (κ2) is 7.71. The van der Waals surface area contributed by atoms with Crippen LogP contribution >= 0.6 is 11.6 Å². The minimum absolute atomic E-state index is 0.0815. The molecule has 1 atom stereocenters. The second-order valence-corrected chi connectivity index (χ2v) is 7.81. The van der Waals surface area contributed by atoms with Crippen molar-refractivity contribution in [3.8, 4) is 17.2 Å². The Morgan fingerprint density at radius 1 is 0.968 bits per heavy atom. The number of fused-ring (bicyclic) bond motifs is 1. The quantitative estimate of drug-likeness (QED) is 0.586. The maximum Gasteiger partial charge on any atom is 0.340 e. The summed E-state index contributed by atoms with van der Waals surface area (Å²) in [7, 11) is 6.89. The maximum atomic E-state index is 12.9. The third-order valence-corrected chi connectivity index (χ3v) is 5.79. The molecule has 4 rings (SSSR count). The van der Waals surface area contributed by atoms with E-state index in [1.807, 2.05) is 43.3 Å². The minimum Gasteiger partial charge on any atom is -0.506 e. The highest BCUT2D eigenvalue weighted by atomic mass is 35.5. The van der Waals surface area contributed by atoms with Crippen LogP contribution in [0.25, 0.3) is 0 Å². The molecule has 0 spiro atoms. The number of phenolic OH excluding ortho intramolecular Hbond substituents is 1. The first-order valence-electron chi connectivity index (χ1n) is 9.59. The number of ether oxygens (including phenoxy) is 3. The molecule has 0 aromatic heterocycles. The fourth-order valence-corrected chi connectivity index (χ4v) is 4.18. The highest BCUT2D eigenvalue weighted by Crippen LogP contribution is 2.54. The van der Waals surface area contributed by atoms with Gasteiger partial charge < -0.3 is 24.2 Å². The Morgan fingerprint density at radius 3 is 2.39 bits per heavy atom. The van der Waals surface area contributed by atoms with Crippen molar-refractivity contribution in [2.45, 2.75) is 5.60 Å². The Balaban J connectivity index is 2.12. The van der Waals surface area contributed by atoms with E-state index in [2.05, 4.69) is 0 Å². The van der Waals surface area contributed by atoms with Crippen molar-refractivity contribution < 1.29 is 24.1 Å². The summed E-state index contributed by atoms with van der Waals surface area (Å²) in [5.41, 5.74) is 1.24. The number of phenols is 1. The summed E-state index contributed by atoms with van der Waals surface area (Å²) in [4.78, 5) is 14.9. The SMILES string of the molecule is COc1cc(Cl)c(O)c(C2(c3ccc(N(C)C)cc3OC)OC(=O)c3ccccc32)c1. The van der Waals surface area contributed by atoms with E-state index in [0.717, 1.165) is 5.69 Å². The van der Waals surface area contributed by atoms with Gasteiger partial charge in [0.25, 0.3) is 0 Å². The Hall–Kier alpha value is -3.38. The number of methoxy groups -OCH3 is 2. The van der Waals surface area contributed by atoms with E-state index in [0.29, 0.717) is 28.2 Å². The molecule has 3 aromatic carbocycles. The molecule has 3 aromatic rings. The van der Waals surface area contributed by atoms with E-state index in [-0.39, 0.29) is 16.3 Å². The van der Waals surface area contributed by atoms with Gasteiger partial charge in [0, 0.05) is 43.0 Å². The standard InChI is InChI=1S/C24H22ClNO5/c1-26(2)14-9-10-18(21(11-14)30-4)24(17-8-6-5-7-16(17)23(28)31-24)19-12-15(29-3)13-20(25)22(19)27/h5-13,27H,1-4H3. The number of hydrogen-bond donors (Lipinski definition) is 1. The average molecular weight is 440 g/mol. The predicted octanol–water partition coefficient (Wildman–Crippen LogP) is 4.59. The number of rotatable bonds is 5. The number of halogens is 1. The van der Waals surface area contributed by atoms with Crippen LogP contribution in [0.5, 0.6) is 17.2 Å². The van der Waals surface area contributed by atoms with Gasteiger partial charge in [0.05, 0.1) is 30.4 Å². The van der Waals surface area contributed by atoms with Crippen LogP contribution in [0.15, 0.2) is 54.6 Å². The monoisotopic (exact) mass is 439 g/mol. The lowest BCUT2D eigenvalue weighted by Crippen LogP contribution is -2.30. The third kappa shape index (κ3) is 3.15. The number of hydrogen-bond acceptors (Lipinski definition) is 6. The maximum absolute atomic E-state index is 12.9. The molecule has 1 aliphatic heterocycles. The molecular formula is C24H22ClNO5. The second-order valence-electron chi connectivity index (χ2n) is 7.40. The summed E-state index contributed by atoms with van der Waals surface area (Å²) < 4.78 is 17.2. The normalized spacial score (nSPS) is 17.1. The average Bonchev–Trinajstić information content (AvgIpc) is 3.08. The van der Waals surface area contributed by atoms with Crippen LogP contribution in [0.1, 0.15) is 27.0 Å². The van der Waals surface area contributed by atoms with Crippen molar-refractivity contribution in [3.63, 3.8) is 0 Å². The zero-order valence-electron chi connectivity index (χ0n) is 17.6. The zero-order valence-corrected chi connectivity index (χ0v) is 18.4. The third-order valence-electron chi connectivity index (χ3n) is 5.50. The van der Waals surface area contributed by atoms with Crippen LogP contribution < -0.4 is 14.4 Å². The first kappa shape index (κ1) is 20.9. The summed E-state index contributed by atoms with van der Waals surface area (Å²) in [6.45, 7) is 0. The molecule has 31 heavy (non-hydrogen) atoms. The molecule has 0 radical (unpaired) electrons. The molecule has 1 aliphatic rings. The lowest BCUT2D eigenvalue weighted by Gasteiger charge is -2.32. The van der Waals surface area contributed by atoms with Gasteiger partial charge in [-0.25, -0.2) is 4.79 Å². The van der Waals surface area contributed by atoms with E-state index < -0.39 is 11.6 Å². The van der Waals surface area contributed by atoms with Crippen LogP contribution in [-0.4, -0.2) is 39.4 Å². The minimum atomic E-state index is -1.48. The molecular weight excluding hydrogens is 418 g/mol. The zero-order chi connectivity index (χ0) is 22.3. The highest BCUT2D eigenvalue weighted by molar-refractivity contribution is 6.32. The molecule has 1 N–H and O–H groups in total. The summed E-state index contributed by atoms with van der Waals surface area (Å²) in [5, 5.41) is 11.1. The van der Waals surface area contributed by atoms with E-state index in [1.165, 1.54) is 13.2 Å². The number of esters is 1. The number of carbonyl (C=O) groups is 1. The molecule has 1 heterocycles. The Kier molecular flexibility index (Phi) is 5.19. The number of carbonyl (C=O) groups excluding carboxylic acids is 1. The number of nitrogens with zero attached hydrogens (tertiary/aromatic N) is 1. The first-order chi connectivity index (χ1) is 14.8. The van der Waals surface area contributed by atoms with Gasteiger partial charge in [-0.05, 0) is 24.3 Å². The Labute approximate surface area is 185 Å². The lowest BCUT2D eigenvalue weighted by atomic mass is 9.78. The summed E-state index contributed by atoms with van der Waals surface area (Å²) in [6, 6.07) is 15.8. The lowest BCUT2D eigenvalue weighted by molar-refractivity contribution is 0.0238. The van der Waals surface area contributed by atoms with Gasteiger partial charge in [-0.3, -0.25) is 0 Å². The molecule has 6 nitrogen and oxygen atoms in total. The highest BCUT2D eigenvalue weighted by Gasteiger charge is 2.52. The summed E-state index contributed by atoms with van der Waals surface area (Å²) >= 11 is 6.32. The van der Waals surface area contributed by atoms with Crippen molar-refractivity contribution in [1.29, 1.82) is 0 Å². The van der Waals surface area contributed by atoms with E-state index in [9.17, 15) is 9.90 Å². The Morgan fingerprint density at radius 2 is 1.71 bits per heavy atom. The number of aromatic hydroxyl groups is 1. The van der Waals surface area contributed by atoms with Crippen molar-refractivity contribution in [3.05, 3.63) is 81.9 Å². The van der Waals surface area contributed by atoms with Crippen LogP contribution in [0, 0.1) is 0 Å². The molecule has 0 saturated heterocycles. The van der Waals surface area contributed by atoms with Crippen LogP contribution in [-0.2, 0) is 10.3 Å². The van der Waals surface area contributed by atoms with Gasteiger partial charge in [0.1, 0.15) is 17.2 Å². The van der Waals surface area contributed by atoms with E-state index >= 15 is 0 Å². The molecule has 160 valence electrons. The largest absolute Gasteiger partial charge is 0.506 e. The number of cyclic esters (lactones) is 1. The predicted molar refractivity (Wildman–Crippen MR) is 119 cm³/mol. The fourth-order valence-electron chi connectivity index (χ4n) is 3.97. The molecule has 0 saturated carbocycles. The van der Waals surface area contributed by atoms with Crippen LogP contribution in [0.3, 0.4) is 0 Å². The molecule has 1 unspecified atom stereocenters.